The predicted octanol–water partition coefficient (Wildman–Crippen LogP) is 2.60. The molecule has 7 heteroatoms. The molecule has 2 heterocycles. The van der Waals surface area contributed by atoms with Gasteiger partial charge in [-0.1, -0.05) is 24.3 Å². The Labute approximate surface area is 161 Å². The third-order valence-electron chi connectivity index (χ3n) is 4.64. The third-order valence-corrected chi connectivity index (χ3v) is 4.64. The average molecular weight is 375 g/mol. The van der Waals surface area contributed by atoms with Crippen LogP contribution in [-0.2, 0) is 16.1 Å². The van der Waals surface area contributed by atoms with Gasteiger partial charge in [-0.15, -0.1) is 0 Å². The van der Waals surface area contributed by atoms with Gasteiger partial charge in [0.25, 0.3) is 11.8 Å². The van der Waals surface area contributed by atoms with E-state index in [9.17, 15) is 14.4 Å². The van der Waals surface area contributed by atoms with E-state index in [0.29, 0.717) is 11.1 Å². The molecule has 1 aliphatic rings. The van der Waals surface area contributed by atoms with E-state index in [2.05, 4.69) is 5.10 Å². The highest BCUT2D eigenvalue weighted by molar-refractivity contribution is 6.22. The largest absolute Gasteiger partial charge is 0.459 e. The minimum Gasteiger partial charge on any atom is -0.459 e. The number of amides is 2. The molecule has 140 valence electrons. The van der Waals surface area contributed by atoms with Crippen LogP contribution >= 0.6 is 0 Å². The van der Waals surface area contributed by atoms with Crippen molar-refractivity contribution >= 4 is 17.8 Å². The summed E-state index contributed by atoms with van der Waals surface area (Å²) in [5.74, 6) is -1.59. The number of benzene rings is 2. The monoisotopic (exact) mass is 375 g/mol. The van der Waals surface area contributed by atoms with E-state index < -0.39 is 23.8 Å². The third kappa shape index (κ3) is 3.07. The fourth-order valence-corrected chi connectivity index (χ4v) is 3.11. The number of fused-ring (bicyclic) bond motifs is 1. The maximum Gasteiger partial charge on any atom is 0.329 e. The van der Waals surface area contributed by atoms with Gasteiger partial charge in [-0.3, -0.25) is 14.5 Å². The van der Waals surface area contributed by atoms with Crippen LogP contribution in [0, 0.1) is 0 Å². The van der Waals surface area contributed by atoms with Crippen molar-refractivity contribution in [3.8, 4) is 5.69 Å². The minimum atomic E-state index is -1.00. The van der Waals surface area contributed by atoms with Gasteiger partial charge in [-0.05, 0) is 42.8 Å². The Kier molecular flexibility index (Phi) is 4.49. The van der Waals surface area contributed by atoms with E-state index in [4.69, 9.17) is 4.74 Å². The highest BCUT2D eigenvalue weighted by atomic mass is 16.5. The maximum atomic E-state index is 12.5. The molecule has 2 amide bonds. The number of hydrogen-bond acceptors (Lipinski definition) is 5. The molecule has 0 N–H and O–H groups in total. The molecule has 0 fully saturated rings. The first kappa shape index (κ1) is 17.7. The zero-order valence-electron chi connectivity index (χ0n) is 15.1. The normalized spacial score (nSPS) is 14.1. The molecule has 0 radical (unpaired) electrons. The van der Waals surface area contributed by atoms with Crippen molar-refractivity contribution in [2.45, 2.75) is 19.6 Å². The Bertz CT molecular complexity index is 1010. The molecule has 4 rings (SSSR count). The lowest BCUT2D eigenvalue weighted by Gasteiger charge is -2.21. The summed E-state index contributed by atoms with van der Waals surface area (Å²) in [5.41, 5.74) is 2.29. The van der Waals surface area contributed by atoms with Gasteiger partial charge in [-0.25, -0.2) is 9.48 Å². The maximum absolute atomic E-state index is 12.5. The summed E-state index contributed by atoms with van der Waals surface area (Å²) in [6.45, 7) is 1.54. The van der Waals surface area contributed by atoms with Gasteiger partial charge in [0.05, 0.1) is 16.8 Å². The summed E-state index contributed by atoms with van der Waals surface area (Å²) in [6.07, 6.45) is 3.52. The molecule has 0 spiro atoms. The zero-order chi connectivity index (χ0) is 19.7. The number of imide groups is 1. The summed E-state index contributed by atoms with van der Waals surface area (Å²) < 4.78 is 7.04. The van der Waals surface area contributed by atoms with Crippen LogP contribution in [0.15, 0.2) is 67.0 Å². The lowest BCUT2D eigenvalue weighted by Crippen LogP contribution is -2.43. The van der Waals surface area contributed by atoms with Crippen LogP contribution in [0.2, 0.25) is 0 Å². The first-order valence-corrected chi connectivity index (χ1v) is 8.79. The van der Waals surface area contributed by atoms with Crippen LogP contribution in [0.1, 0.15) is 33.2 Å². The highest BCUT2D eigenvalue weighted by Crippen LogP contribution is 2.25. The van der Waals surface area contributed by atoms with E-state index in [0.717, 1.165) is 16.2 Å². The Morgan fingerprint density at radius 3 is 2.21 bits per heavy atom. The molecular weight excluding hydrogens is 358 g/mol. The van der Waals surface area contributed by atoms with Gasteiger partial charge in [0.15, 0.2) is 0 Å². The molecular formula is C21H17N3O4. The van der Waals surface area contributed by atoms with E-state index in [1.165, 1.54) is 6.92 Å². The van der Waals surface area contributed by atoms with Gasteiger partial charge in [-0.2, -0.15) is 5.10 Å². The molecule has 28 heavy (non-hydrogen) atoms. The van der Waals surface area contributed by atoms with Crippen molar-refractivity contribution in [1.29, 1.82) is 0 Å². The number of aromatic nitrogens is 2. The second kappa shape index (κ2) is 7.11. The Morgan fingerprint density at radius 2 is 1.64 bits per heavy atom. The predicted molar refractivity (Wildman–Crippen MR) is 99.8 cm³/mol. The van der Waals surface area contributed by atoms with Gasteiger partial charge in [0.1, 0.15) is 12.6 Å². The molecule has 0 aliphatic carbocycles. The number of esters is 1. The lowest BCUT2D eigenvalue weighted by molar-refractivity contribution is -0.149. The zero-order valence-corrected chi connectivity index (χ0v) is 15.1. The quantitative estimate of drug-likeness (QED) is 0.506. The Balaban J connectivity index is 1.40. The van der Waals surface area contributed by atoms with Crippen LogP contribution in [-0.4, -0.2) is 38.5 Å². The summed E-state index contributed by atoms with van der Waals surface area (Å²) in [6, 6.07) is 14.7. The van der Waals surface area contributed by atoms with Crippen LogP contribution < -0.4 is 0 Å². The van der Waals surface area contributed by atoms with Crippen molar-refractivity contribution in [1.82, 2.24) is 14.7 Å². The standard InChI is InChI=1S/C21H17N3O4/c1-14(24-19(25)17-5-2-3-6-18(17)20(24)26)21(27)28-13-15-7-9-16(10-8-15)23-12-4-11-22-23/h2-12,14H,13H2,1H3. The van der Waals surface area contributed by atoms with Crippen molar-refractivity contribution in [2.24, 2.45) is 0 Å². The molecule has 0 saturated heterocycles. The van der Waals surface area contributed by atoms with Crippen LogP contribution in [0.5, 0.6) is 0 Å². The number of hydrogen-bond donors (Lipinski definition) is 0. The molecule has 3 aromatic rings. The van der Waals surface area contributed by atoms with E-state index in [-0.39, 0.29) is 6.61 Å². The summed E-state index contributed by atoms with van der Waals surface area (Å²) >= 11 is 0. The molecule has 1 atom stereocenters. The summed E-state index contributed by atoms with van der Waals surface area (Å²) in [7, 11) is 0. The average Bonchev–Trinajstić information content (AvgIpc) is 3.34. The second-order valence-electron chi connectivity index (χ2n) is 6.43. The number of rotatable bonds is 5. The SMILES string of the molecule is CC(C(=O)OCc1ccc(-n2cccn2)cc1)N1C(=O)c2ccccc2C1=O. The van der Waals surface area contributed by atoms with Gasteiger partial charge in [0, 0.05) is 12.4 Å². The summed E-state index contributed by atoms with van der Waals surface area (Å²) in [5, 5.41) is 4.15. The van der Waals surface area contributed by atoms with E-state index in [1.807, 2.05) is 36.5 Å². The number of carbonyl (C=O) groups is 3. The van der Waals surface area contributed by atoms with Gasteiger partial charge >= 0.3 is 5.97 Å². The fraction of sp³-hybridized carbons (Fsp3) is 0.143. The van der Waals surface area contributed by atoms with Crippen molar-refractivity contribution < 1.29 is 19.1 Å². The molecule has 0 saturated carbocycles. The van der Waals surface area contributed by atoms with E-state index in [1.54, 1.807) is 35.1 Å². The lowest BCUT2D eigenvalue weighted by atomic mass is 10.1. The minimum absolute atomic E-state index is 0.0474. The van der Waals surface area contributed by atoms with E-state index >= 15 is 0 Å². The smallest absolute Gasteiger partial charge is 0.329 e. The molecule has 7 nitrogen and oxygen atoms in total. The van der Waals surface area contributed by atoms with Gasteiger partial charge in [0.2, 0.25) is 0 Å². The highest BCUT2D eigenvalue weighted by Gasteiger charge is 2.41. The van der Waals surface area contributed by atoms with Crippen LogP contribution in [0.25, 0.3) is 5.69 Å². The number of ether oxygens (including phenoxy) is 1. The topological polar surface area (TPSA) is 81.5 Å². The molecule has 1 aromatic heterocycles. The number of nitrogens with zero attached hydrogens (tertiary/aromatic N) is 3. The van der Waals surface area contributed by atoms with Crippen LogP contribution in [0.3, 0.4) is 0 Å². The van der Waals surface area contributed by atoms with Crippen molar-refractivity contribution in [2.75, 3.05) is 0 Å². The summed E-state index contributed by atoms with van der Waals surface area (Å²) in [4.78, 5) is 38.3. The molecule has 2 aromatic carbocycles. The Hall–Kier alpha value is -3.74. The second-order valence-corrected chi connectivity index (χ2v) is 6.43. The van der Waals surface area contributed by atoms with Crippen LogP contribution in [0.4, 0.5) is 0 Å². The Morgan fingerprint density at radius 1 is 1.00 bits per heavy atom. The number of carbonyl (C=O) groups excluding carboxylic acids is 3. The van der Waals surface area contributed by atoms with Crippen molar-refractivity contribution in [3.05, 3.63) is 83.7 Å². The van der Waals surface area contributed by atoms with Crippen molar-refractivity contribution in [3.63, 3.8) is 0 Å². The fourth-order valence-electron chi connectivity index (χ4n) is 3.11. The molecule has 1 unspecified atom stereocenters. The molecule has 1 aliphatic heterocycles. The first-order chi connectivity index (χ1) is 13.6. The molecule has 0 bridgehead atoms. The van der Waals surface area contributed by atoms with Gasteiger partial charge < -0.3 is 4.74 Å². The first-order valence-electron chi connectivity index (χ1n) is 8.79.